The summed E-state index contributed by atoms with van der Waals surface area (Å²) in [5.41, 5.74) is 1.62. The normalized spacial score (nSPS) is 10.5. The van der Waals surface area contributed by atoms with Gasteiger partial charge in [-0.1, -0.05) is 28.4 Å². The van der Waals surface area contributed by atoms with E-state index in [1.165, 1.54) is 0 Å². The fraction of sp³-hybridized carbons (Fsp3) is 0.286. The Hall–Kier alpha value is -1.72. The molecule has 0 saturated carbocycles. The van der Waals surface area contributed by atoms with Crippen LogP contribution in [0.25, 0.3) is 0 Å². The van der Waals surface area contributed by atoms with Crippen LogP contribution in [0.1, 0.15) is 17.0 Å². The Labute approximate surface area is 132 Å². The SMILES string of the molecule is Cc1noc(C)c1CNC(=O)COc1cc(Cl)ccc1Cl. The van der Waals surface area contributed by atoms with Crippen LogP contribution >= 0.6 is 23.2 Å². The molecule has 112 valence electrons. The molecule has 7 heteroatoms. The topological polar surface area (TPSA) is 64.4 Å². The number of hydrogen-bond acceptors (Lipinski definition) is 4. The summed E-state index contributed by atoms with van der Waals surface area (Å²) in [5.74, 6) is 0.786. The van der Waals surface area contributed by atoms with E-state index >= 15 is 0 Å². The average molecular weight is 329 g/mol. The summed E-state index contributed by atoms with van der Waals surface area (Å²) in [6.45, 7) is 3.81. The molecule has 5 nitrogen and oxygen atoms in total. The first-order valence-electron chi connectivity index (χ1n) is 6.23. The fourth-order valence-electron chi connectivity index (χ4n) is 1.72. The summed E-state index contributed by atoms with van der Waals surface area (Å²) in [6.07, 6.45) is 0. The third-order valence-electron chi connectivity index (χ3n) is 2.90. The van der Waals surface area contributed by atoms with Crippen LogP contribution in [0.15, 0.2) is 22.7 Å². The van der Waals surface area contributed by atoms with Gasteiger partial charge in [0.1, 0.15) is 11.5 Å². The molecule has 1 aromatic heterocycles. The maximum Gasteiger partial charge on any atom is 0.258 e. The second-order valence-electron chi connectivity index (χ2n) is 4.44. The van der Waals surface area contributed by atoms with Gasteiger partial charge in [0.2, 0.25) is 0 Å². The molecule has 0 aliphatic carbocycles. The Kier molecular flexibility index (Phi) is 5.09. The van der Waals surface area contributed by atoms with E-state index in [1.807, 2.05) is 6.92 Å². The zero-order chi connectivity index (χ0) is 15.4. The number of benzene rings is 1. The number of rotatable bonds is 5. The van der Waals surface area contributed by atoms with Crippen molar-refractivity contribution in [2.24, 2.45) is 0 Å². The van der Waals surface area contributed by atoms with Crippen LogP contribution < -0.4 is 10.1 Å². The van der Waals surface area contributed by atoms with Gasteiger partial charge >= 0.3 is 0 Å². The Morgan fingerprint density at radius 2 is 2.14 bits per heavy atom. The number of aromatic nitrogens is 1. The summed E-state index contributed by atoms with van der Waals surface area (Å²) in [4.78, 5) is 11.8. The number of ether oxygens (including phenoxy) is 1. The van der Waals surface area contributed by atoms with Crippen LogP contribution in [0.3, 0.4) is 0 Å². The van der Waals surface area contributed by atoms with Crippen molar-refractivity contribution in [3.63, 3.8) is 0 Å². The Morgan fingerprint density at radius 3 is 2.81 bits per heavy atom. The largest absolute Gasteiger partial charge is 0.482 e. The van der Waals surface area contributed by atoms with Gasteiger partial charge < -0.3 is 14.6 Å². The molecule has 1 N–H and O–H groups in total. The second-order valence-corrected chi connectivity index (χ2v) is 5.29. The van der Waals surface area contributed by atoms with Gasteiger partial charge in [-0.25, -0.2) is 0 Å². The van der Waals surface area contributed by atoms with Crippen LogP contribution in [0.4, 0.5) is 0 Å². The molecule has 0 fully saturated rings. The molecule has 0 aliphatic rings. The predicted molar refractivity (Wildman–Crippen MR) is 79.8 cm³/mol. The van der Waals surface area contributed by atoms with Crippen molar-refractivity contribution in [3.05, 3.63) is 45.3 Å². The van der Waals surface area contributed by atoms with E-state index in [1.54, 1.807) is 25.1 Å². The summed E-state index contributed by atoms with van der Waals surface area (Å²) < 4.78 is 10.4. The molecule has 2 aromatic rings. The lowest BCUT2D eigenvalue weighted by molar-refractivity contribution is -0.123. The summed E-state index contributed by atoms with van der Waals surface area (Å²) in [7, 11) is 0. The fourth-order valence-corrected chi connectivity index (χ4v) is 2.06. The molecule has 0 bridgehead atoms. The maximum atomic E-state index is 11.8. The quantitative estimate of drug-likeness (QED) is 0.914. The number of amides is 1. The molecule has 0 atom stereocenters. The molecular formula is C14H14Cl2N2O3. The smallest absolute Gasteiger partial charge is 0.258 e. The molecule has 1 aromatic carbocycles. The lowest BCUT2D eigenvalue weighted by Crippen LogP contribution is -2.28. The monoisotopic (exact) mass is 328 g/mol. The first-order chi connectivity index (χ1) is 9.97. The van der Waals surface area contributed by atoms with Gasteiger partial charge in [0.25, 0.3) is 5.91 Å². The van der Waals surface area contributed by atoms with Gasteiger partial charge in [-0.2, -0.15) is 0 Å². The van der Waals surface area contributed by atoms with Crippen molar-refractivity contribution < 1.29 is 14.1 Å². The molecular weight excluding hydrogens is 315 g/mol. The molecule has 21 heavy (non-hydrogen) atoms. The molecule has 0 unspecified atom stereocenters. The van der Waals surface area contributed by atoms with E-state index in [4.69, 9.17) is 32.5 Å². The number of aryl methyl sites for hydroxylation is 2. The highest BCUT2D eigenvalue weighted by Gasteiger charge is 2.11. The van der Waals surface area contributed by atoms with E-state index in [9.17, 15) is 4.79 Å². The minimum atomic E-state index is -0.272. The first kappa shape index (κ1) is 15.7. The minimum absolute atomic E-state index is 0.149. The van der Waals surface area contributed by atoms with Gasteiger partial charge in [-0.15, -0.1) is 0 Å². The van der Waals surface area contributed by atoms with Crippen LogP contribution in [0.2, 0.25) is 10.0 Å². The van der Waals surface area contributed by atoms with E-state index in [-0.39, 0.29) is 12.5 Å². The van der Waals surface area contributed by atoms with Crippen molar-refractivity contribution in [1.82, 2.24) is 10.5 Å². The van der Waals surface area contributed by atoms with E-state index < -0.39 is 0 Å². The van der Waals surface area contributed by atoms with Gasteiger partial charge in [0.15, 0.2) is 6.61 Å². The van der Waals surface area contributed by atoms with Crippen molar-refractivity contribution in [2.75, 3.05) is 6.61 Å². The van der Waals surface area contributed by atoms with Gasteiger partial charge in [0.05, 0.1) is 10.7 Å². The van der Waals surface area contributed by atoms with Gasteiger partial charge in [-0.05, 0) is 26.0 Å². The van der Waals surface area contributed by atoms with Gasteiger partial charge in [0, 0.05) is 23.2 Å². The maximum absolute atomic E-state index is 11.8. The predicted octanol–water partition coefficient (Wildman–Crippen LogP) is 3.29. The Morgan fingerprint density at radius 1 is 1.38 bits per heavy atom. The lowest BCUT2D eigenvalue weighted by atomic mass is 10.2. The molecule has 0 saturated heterocycles. The van der Waals surface area contributed by atoms with E-state index in [2.05, 4.69) is 10.5 Å². The number of halogens is 2. The highest BCUT2D eigenvalue weighted by Crippen LogP contribution is 2.27. The zero-order valence-corrected chi connectivity index (χ0v) is 13.1. The van der Waals surface area contributed by atoms with Crippen LogP contribution in [0, 0.1) is 13.8 Å². The summed E-state index contributed by atoms with van der Waals surface area (Å²) in [5, 5.41) is 7.44. The van der Waals surface area contributed by atoms with Crippen molar-refractivity contribution in [3.8, 4) is 5.75 Å². The number of hydrogen-bond donors (Lipinski definition) is 1. The molecule has 1 heterocycles. The third kappa shape index (κ3) is 4.12. The first-order valence-corrected chi connectivity index (χ1v) is 6.99. The molecule has 1 amide bonds. The highest BCUT2D eigenvalue weighted by molar-refractivity contribution is 6.34. The van der Waals surface area contributed by atoms with Gasteiger partial charge in [-0.3, -0.25) is 4.79 Å². The van der Waals surface area contributed by atoms with Crippen molar-refractivity contribution in [1.29, 1.82) is 0 Å². The van der Waals surface area contributed by atoms with E-state index in [0.717, 1.165) is 11.3 Å². The third-order valence-corrected chi connectivity index (χ3v) is 3.44. The zero-order valence-electron chi connectivity index (χ0n) is 11.6. The van der Waals surface area contributed by atoms with Crippen molar-refractivity contribution >= 4 is 29.1 Å². The second kappa shape index (κ2) is 6.83. The Bertz CT molecular complexity index is 636. The van der Waals surface area contributed by atoms with Crippen LogP contribution in [-0.2, 0) is 11.3 Å². The highest BCUT2D eigenvalue weighted by atomic mass is 35.5. The van der Waals surface area contributed by atoms with E-state index in [0.29, 0.717) is 28.1 Å². The van der Waals surface area contributed by atoms with Crippen molar-refractivity contribution in [2.45, 2.75) is 20.4 Å². The molecule has 0 radical (unpaired) electrons. The molecule has 2 rings (SSSR count). The standard InChI is InChI=1S/C14H14Cl2N2O3/c1-8-11(9(2)21-18-8)6-17-14(19)7-20-13-5-10(15)3-4-12(13)16/h3-5H,6-7H2,1-2H3,(H,17,19). The number of nitrogens with zero attached hydrogens (tertiary/aromatic N) is 1. The number of carbonyl (C=O) groups is 1. The molecule has 0 aliphatic heterocycles. The van der Waals surface area contributed by atoms with Crippen LogP contribution in [0.5, 0.6) is 5.75 Å². The summed E-state index contributed by atoms with van der Waals surface area (Å²) >= 11 is 11.8. The van der Waals surface area contributed by atoms with Crippen LogP contribution in [-0.4, -0.2) is 17.7 Å². The summed E-state index contributed by atoms with van der Waals surface area (Å²) in [6, 6.07) is 4.82. The average Bonchev–Trinajstić information content (AvgIpc) is 2.77. The number of carbonyl (C=O) groups excluding carboxylic acids is 1. The Balaban J connectivity index is 1.87. The lowest BCUT2D eigenvalue weighted by Gasteiger charge is -2.09. The minimum Gasteiger partial charge on any atom is -0.482 e. The number of nitrogens with one attached hydrogen (secondary N) is 1. The molecule has 0 spiro atoms.